The van der Waals surface area contributed by atoms with Crippen LogP contribution in [-0.4, -0.2) is 50.1 Å². The Morgan fingerprint density at radius 3 is 2.00 bits per heavy atom. The van der Waals surface area contributed by atoms with Gasteiger partial charge in [-0.25, -0.2) is 0 Å². The van der Waals surface area contributed by atoms with Crippen LogP contribution in [0.15, 0.2) is 28.7 Å². The number of hydrogen-bond donors (Lipinski definition) is 3. The maximum Gasteiger partial charge on any atom is 0.248 e. The minimum Gasteiger partial charge on any atom is -0.490 e. The number of carbonyl (C=O) groups is 1. The molecule has 176 valence electrons. The van der Waals surface area contributed by atoms with Crippen molar-refractivity contribution in [1.29, 1.82) is 0 Å². The molecule has 1 aromatic carbocycles. The van der Waals surface area contributed by atoms with Crippen LogP contribution in [0.2, 0.25) is 0 Å². The smallest absolute Gasteiger partial charge is 0.248 e. The summed E-state index contributed by atoms with van der Waals surface area (Å²) < 4.78 is 11.7. The van der Waals surface area contributed by atoms with Crippen LogP contribution in [0.4, 0.5) is 0 Å². The first kappa shape index (κ1) is 24.3. The minimum atomic E-state index is -1.41. The van der Waals surface area contributed by atoms with E-state index >= 15 is 0 Å². The average molecular weight is 455 g/mol. The molecule has 2 aromatic heterocycles. The van der Waals surface area contributed by atoms with Crippen molar-refractivity contribution in [2.75, 3.05) is 6.61 Å². The van der Waals surface area contributed by atoms with E-state index in [2.05, 4.69) is 29.0 Å². The van der Waals surface area contributed by atoms with Crippen molar-refractivity contribution in [2.45, 2.75) is 59.2 Å². The number of ether oxygens (including phenoxy) is 1. The third-order valence-corrected chi connectivity index (χ3v) is 5.28. The van der Waals surface area contributed by atoms with Gasteiger partial charge in [0.2, 0.25) is 17.7 Å². The van der Waals surface area contributed by atoms with Gasteiger partial charge in [-0.05, 0) is 62.1 Å². The van der Waals surface area contributed by atoms with Crippen molar-refractivity contribution in [3.63, 3.8) is 0 Å². The van der Waals surface area contributed by atoms with Gasteiger partial charge in [-0.1, -0.05) is 13.8 Å². The maximum absolute atomic E-state index is 10.9. The molecule has 1 amide bonds. The van der Waals surface area contributed by atoms with Crippen LogP contribution < -0.4 is 10.5 Å². The lowest BCUT2D eigenvalue weighted by atomic mass is 10.1. The maximum atomic E-state index is 10.9. The van der Waals surface area contributed by atoms with Crippen LogP contribution in [0.1, 0.15) is 42.8 Å². The lowest BCUT2D eigenvalue weighted by Crippen LogP contribution is -2.33. The van der Waals surface area contributed by atoms with E-state index in [0.29, 0.717) is 17.5 Å². The van der Waals surface area contributed by atoms with Gasteiger partial charge in [-0.3, -0.25) is 9.78 Å². The van der Waals surface area contributed by atoms with Crippen molar-refractivity contribution in [1.82, 2.24) is 15.2 Å². The van der Waals surface area contributed by atoms with Gasteiger partial charge in [0.15, 0.2) is 0 Å². The molecule has 9 heteroatoms. The number of aliphatic hydroxyl groups excluding tert-OH is 2. The fourth-order valence-electron chi connectivity index (χ4n) is 3.51. The Labute approximate surface area is 192 Å². The van der Waals surface area contributed by atoms with E-state index in [1.54, 1.807) is 0 Å². The summed E-state index contributed by atoms with van der Waals surface area (Å²) in [5.74, 6) is 0.539. The third-order valence-electron chi connectivity index (χ3n) is 5.28. The molecule has 0 aliphatic rings. The van der Waals surface area contributed by atoms with Gasteiger partial charge in [-0.2, -0.15) is 0 Å². The van der Waals surface area contributed by atoms with Gasteiger partial charge < -0.3 is 25.1 Å². The quantitative estimate of drug-likeness (QED) is 0.424. The monoisotopic (exact) mass is 454 g/mol. The SMILES string of the molecule is CCc1cc(-c2nnc(-c3cc(C)c(OC[C@@H](O)CC(O)C(N)=O)c(C)c3)o2)cc(CC)n1. The van der Waals surface area contributed by atoms with E-state index in [1.807, 2.05) is 38.1 Å². The van der Waals surface area contributed by atoms with Crippen LogP contribution in [0.25, 0.3) is 22.9 Å². The predicted octanol–water partition coefficient (Wildman–Crippen LogP) is 2.52. The number of aromatic nitrogens is 3. The summed E-state index contributed by atoms with van der Waals surface area (Å²) in [6.07, 6.45) is -1.01. The molecule has 3 rings (SSSR count). The highest BCUT2D eigenvalue weighted by molar-refractivity contribution is 5.78. The highest BCUT2D eigenvalue weighted by Crippen LogP contribution is 2.31. The Bertz CT molecular complexity index is 1080. The van der Waals surface area contributed by atoms with Crippen molar-refractivity contribution < 1.29 is 24.2 Å². The number of rotatable bonds is 10. The standard InChI is InChI=1S/C24H30N4O5/c1-5-17-9-16(10-18(6-2)26-17)24-28-27-23(33-24)15-7-13(3)21(14(4)8-15)32-12-19(29)11-20(30)22(25)31/h7-10,19-20,29-30H,5-6,11-12H2,1-4H3,(H2,25,31)/t19-,20?/m0/s1. The van der Waals surface area contributed by atoms with E-state index in [4.69, 9.17) is 14.9 Å². The number of pyridine rings is 1. The molecule has 0 radical (unpaired) electrons. The summed E-state index contributed by atoms with van der Waals surface area (Å²) in [6.45, 7) is 7.77. The molecule has 0 fully saturated rings. The first-order valence-electron chi connectivity index (χ1n) is 10.9. The predicted molar refractivity (Wildman–Crippen MR) is 123 cm³/mol. The Hall–Kier alpha value is -3.30. The topological polar surface area (TPSA) is 145 Å². The second kappa shape index (κ2) is 10.5. The number of nitrogens with two attached hydrogens (primary N) is 1. The molecular weight excluding hydrogens is 424 g/mol. The number of nitrogens with zero attached hydrogens (tertiary/aromatic N) is 3. The zero-order valence-corrected chi connectivity index (χ0v) is 19.3. The summed E-state index contributed by atoms with van der Waals surface area (Å²) >= 11 is 0. The van der Waals surface area contributed by atoms with Gasteiger partial charge in [0.25, 0.3) is 0 Å². The summed E-state index contributed by atoms with van der Waals surface area (Å²) in [7, 11) is 0. The zero-order valence-electron chi connectivity index (χ0n) is 19.3. The number of hydrogen-bond acceptors (Lipinski definition) is 8. The van der Waals surface area contributed by atoms with Gasteiger partial charge >= 0.3 is 0 Å². The molecule has 9 nitrogen and oxygen atoms in total. The van der Waals surface area contributed by atoms with E-state index in [-0.39, 0.29) is 13.0 Å². The van der Waals surface area contributed by atoms with Gasteiger partial charge in [0.1, 0.15) is 18.5 Å². The van der Waals surface area contributed by atoms with Crippen LogP contribution in [0, 0.1) is 13.8 Å². The molecule has 0 aliphatic carbocycles. The number of aliphatic hydroxyl groups is 2. The third kappa shape index (κ3) is 5.94. The zero-order chi connectivity index (χ0) is 24.1. The molecule has 0 aliphatic heterocycles. The normalized spacial score (nSPS) is 13.0. The van der Waals surface area contributed by atoms with Crippen LogP contribution >= 0.6 is 0 Å². The Balaban J connectivity index is 1.78. The number of benzene rings is 1. The van der Waals surface area contributed by atoms with Gasteiger partial charge in [0.05, 0.1) is 6.10 Å². The van der Waals surface area contributed by atoms with E-state index in [1.165, 1.54) is 0 Å². The second-order valence-corrected chi connectivity index (χ2v) is 8.02. The second-order valence-electron chi connectivity index (χ2n) is 8.02. The lowest BCUT2D eigenvalue weighted by Gasteiger charge is -2.17. The molecule has 0 spiro atoms. The lowest BCUT2D eigenvalue weighted by molar-refractivity contribution is -0.127. The van der Waals surface area contributed by atoms with Crippen molar-refractivity contribution in [2.24, 2.45) is 5.73 Å². The molecule has 0 bridgehead atoms. The van der Waals surface area contributed by atoms with E-state index < -0.39 is 18.1 Å². The fraction of sp³-hybridized carbons (Fsp3) is 0.417. The van der Waals surface area contributed by atoms with E-state index in [0.717, 1.165) is 46.5 Å². The molecule has 4 N–H and O–H groups in total. The number of primary amides is 1. The highest BCUT2D eigenvalue weighted by Gasteiger charge is 2.19. The van der Waals surface area contributed by atoms with Crippen LogP contribution in [0.3, 0.4) is 0 Å². The largest absolute Gasteiger partial charge is 0.490 e. The van der Waals surface area contributed by atoms with Crippen molar-refractivity contribution in [3.8, 4) is 28.7 Å². The van der Waals surface area contributed by atoms with Gasteiger partial charge in [-0.15, -0.1) is 10.2 Å². The van der Waals surface area contributed by atoms with Crippen LogP contribution in [0.5, 0.6) is 5.75 Å². The Morgan fingerprint density at radius 2 is 1.52 bits per heavy atom. The van der Waals surface area contributed by atoms with Crippen molar-refractivity contribution in [3.05, 3.63) is 46.8 Å². The minimum absolute atomic E-state index is 0.0857. The molecule has 3 aromatic rings. The van der Waals surface area contributed by atoms with Gasteiger partial charge in [0, 0.05) is 28.9 Å². The molecule has 0 saturated heterocycles. The van der Waals surface area contributed by atoms with Crippen LogP contribution in [-0.2, 0) is 17.6 Å². The fourth-order valence-corrected chi connectivity index (χ4v) is 3.51. The number of amides is 1. The molecule has 33 heavy (non-hydrogen) atoms. The summed E-state index contributed by atoms with van der Waals surface area (Å²) in [5, 5.41) is 27.9. The molecular formula is C24H30N4O5. The van der Waals surface area contributed by atoms with Crippen molar-refractivity contribution >= 4 is 5.91 Å². The summed E-state index contributed by atoms with van der Waals surface area (Å²) in [6, 6.07) is 7.66. The first-order valence-corrected chi connectivity index (χ1v) is 10.9. The molecule has 2 heterocycles. The molecule has 2 atom stereocenters. The number of aryl methyl sites for hydroxylation is 4. The average Bonchev–Trinajstić information content (AvgIpc) is 3.28. The highest BCUT2D eigenvalue weighted by atomic mass is 16.5. The Morgan fingerprint density at radius 1 is 1.00 bits per heavy atom. The molecule has 1 unspecified atom stereocenters. The Kier molecular flexibility index (Phi) is 7.78. The number of carbonyl (C=O) groups excluding carboxylic acids is 1. The summed E-state index contributed by atoms with van der Waals surface area (Å²) in [4.78, 5) is 15.5. The van der Waals surface area contributed by atoms with E-state index in [9.17, 15) is 15.0 Å². The first-order chi connectivity index (χ1) is 15.7. The summed E-state index contributed by atoms with van der Waals surface area (Å²) in [5.41, 5.74) is 10.2. The molecule has 0 saturated carbocycles.